The Labute approximate surface area is 99.9 Å². The molecule has 0 aromatic carbocycles. The van der Waals surface area contributed by atoms with Gasteiger partial charge in [-0.15, -0.1) is 0 Å². The third-order valence-electron chi connectivity index (χ3n) is 2.86. The van der Waals surface area contributed by atoms with E-state index in [0.717, 1.165) is 5.13 Å². The largest absolute Gasteiger partial charge is 0.477 e. The molecule has 5 heteroatoms. The number of carboxylic acids is 1. The van der Waals surface area contributed by atoms with Crippen LogP contribution in [0.15, 0.2) is 0 Å². The summed E-state index contributed by atoms with van der Waals surface area (Å²) in [6.07, 6.45) is 0. The van der Waals surface area contributed by atoms with Gasteiger partial charge in [0.2, 0.25) is 0 Å². The number of aryl methyl sites for hydroxylation is 1. The summed E-state index contributed by atoms with van der Waals surface area (Å²) < 4.78 is 0. The molecule has 1 atom stereocenters. The summed E-state index contributed by atoms with van der Waals surface area (Å²) in [5, 5.41) is 9.73. The maximum absolute atomic E-state index is 10.9. The second kappa shape index (κ2) is 4.82. The number of aromatic nitrogens is 1. The Bertz CT molecular complexity index is 387. The Morgan fingerprint density at radius 3 is 2.38 bits per heavy atom. The summed E-state index contributed by atoms with van der Waals surface area (Å²) in [5.41, 5.74) is 0.593. The van der Waals surface area contributed by atoms with Crippen LogP contribution in [0, 0.1) is 12.8 Å². The zero-order valence-electron chi connectivity index (χ0n) is 10.3. The molecule has 0 radical (unpaired) electrons. The van der Waals surface area contributed by atoms with Gasteiger partial charge in [-0.3, -0.25) is 0 Å². The molecule has 0 saturated heterocycles. The van der Waals surface area contributed by atoms with Crippen LogP contribution >= 0.6 is 11.3 Å². The van der Waals surface area contributed by atoms with E-state index in [1.165, 1.54) is 11.3 Å². The summed E-state index contributed by atoms with van der Waals surface area (Å²) in [4.78, 5) is 17.6. The second-order valence-electron chi connectivity index (χ2n) is 4.31. The fourth-order valence-electron chi connectivity index (χ4n) is 1.35. The Hall–Kier alpha value is -1.10. The molecular weight excluding hydrogens is 224 g/mol. The molecule has 1 heterocycles. The summed E-state index contributed by atoms with van der Waals surface area (Å²) in [7, 11) is 1.95. The molecule has 0 bridgehead atoms. The number of hydrogen-bond acceptors (Lipinski definition) is 4. The Balaban J connectivity index is 2.97. The molecule has 0 saturated carbocycles. The van der Waals surface area contributed by atoms with Crippen molar-refractivity contribution in [1.82, 2.24) is 4.98 Å². The molecule has 1 aromatic rings. The minimum absolute atomic E-state index is 0.331. The van der Waals surface area contributed by atoms with E-state index in [4.69, 9.17) is 5.11 Å². The third-order valence-corrected chi connectivity index (χ3v) is 4.09. The molecule has 1 aromatic heterocycles. The van der Waals surface area contributed by atoms with E-state index in [0.29, 0.717) is 22.5 Å². The zero-order chi connectivity index (χ0) is 12.5. The lowest BCUT2D eigenvalue weighted by Crippen LogP contribution is -2.32. The summed E-state index contributed by atoms with van der Waals surface area (Å²) in [6.45, 7) is 8.12. The van der Waals surface area contributed by atoms with Crippen LogP contribution in [0.2, 0.25) is 0 Å². The van der Waals surface area contributed by atoms with Gasteiger partial charge in [0, 0.05) is 13.1 Å². The molecule has 1 N–H and O–H groups in total. The van der Waals surface area contributed by atoms with Gasteiger partial charge in [0.1, 0.15) is 4.88 Å². The van der Waals surface area contributed by atoms with Crippen LogP contribution in [0.3, 0.4) is 0 Å². The quantitative estimate of drug-likeness (QED) is 0.881. The third kappa shape index (κ3) is 2.52. The second-order valence-corrected chi connectivity index (χ2v) is 5.29. The van der Waals surface area contributed by atoms with Gasteiger partial charge in [0.15, 0.2) is 5.13 Å². The Morgan fingerprint density at radius 1 is 1.44 bits per heavy atom. The van der Waals surface area contributed by atoms with Crippen LogP contribution in [0.4, 0.5) is 5.13 Å². The van der Waals surface area contributed by atoms with Crippen LogP contribution in [0.5, 0.6) is 0 Å². The first-order chi connectivity index (χ1) is 7.34. The van der Waals surface area contributed by atoms with Crippen molar-refractivity contribution in [3.8, 4) is 0 Å². The van der Waals surface area contributed by atoms with E-state index in [1.54, 1.807) is 6.92 Å². The number of hydrogen-bond donors (Lipinski definition) is 1. The van der Waals surface area contributed by atoms with Gasteiger partial charge in [-0.25, -0.2) is 9.78 Å². The number of thiazole rings is 1. The molecule has 0 aliphatic rings. The maximum atomic E-state index is 10.9. The molecule has 1 unspecified atom stereocenters. The molecule has 0 spiro atoms. The first-order valence-corrected chi connectivity index (χ1v) is 6.09. The fraction of sp³-hybridized carbons (Fsp3) is 0.636. The summed E-state index contributed by atoms with van der Waals surface area (Å²) >= 11 is 1.24. The van der Waals surface area contributed by atoms with Crippen LogP contribution < -0.4 is 4.90 Å². The van der Waals surface area contributed by atoms with Gasteiger partial charge >= 0.3 is 5.97 Å². The minimum atomic E-state index is -0.896. The topological polar surface area (TPSA) is 53.4 Å². The lowest BCUT2D eigenvalue weighted by Gasteiger charge is -2.27. The number of carboxylic acid groups (broad SMARTS) is 1. The minimum Gasteiger partial charge on any atom is -0.477 e. The monoisotopic (exact) mass is 242 g/mol. The van der Waals surface area contributed by atoms with Crippen LogP contribution in [0.25, 0.3) is 0 Å². The molecule has 0 aliphatic carbocycles. The number of nitrogens with zero attached hydrogens (tertiary/aromatic N) is 2. The van der Waals surface area contributed by atoms with Crippen molar-refractivity contribution in [2.24, 2.45) is 5.92 Å². The van der Waals surface area contributed by atoms with Crippen LogP contribution in [-0.4, -0.2) is 29.1 Å². The Kier molecular flexibility index (Phi) is 3.91. The van der Waals surface area contributed by atoms with Gasteiger partial charge < -0.3 is 10.0 Å². The molecule has 0 amide bonds. The SMILES string of the molecule is Cc1nc(N(C)C(C)C(C)C)sc1C(=O)O. The molecule has 16 heavy (non-hydrogen) atoms. The molecule has 0 aliphatic heterocycles. The van der Waals surface area contributed by atoms with E-state index >= 15 is 0 Å². The van der Waals surface area contributed by atoms with E-state index in [-0.39, 0.29) is 0 Å². The highest BCUT2D eigenvalue weighted by molar-refractivity contribution is 7.17. The van der Waals surface area contributed by atoms with Crippen molar-refractivity contribution in [1.29, 1.82) is 0 Å². The van der Waals surface area contributed by atoms with E-state index in [2.05, 4.69) is 25.8 Å². The number of aromatic carboxylic acids is 1. The van der Waals surface area contributed by atoms with Crippen molar-refractivity contribution in [3.63, 3.8) is 0 Å². The normalized spacial score (nSPS) is 12.9. The fourth-order valence-corrected chi connectivity index (χ4v) is 2.31. The average molecular weight is 242 g/mol. The van der Waals surface area contributed by atoms with Crippen molar-refractivity contribution in [2.45, 2.75) is 33.7 Å². The molecular formula is C11H18N2O2S. The van der Waals surface area contributed by atoms with E-state index in [1.807, 2.05) is 11.9 Å². The number of anilines is 1. The highest BCUT2D eigenvalue weighted by Crippen LogP contribution is 2.27. The maximum Gasteiger partial charge on any atom is 0.347 e. The van der Waals surface area contributed by atoms with Gasteiger partial charge in [0.25, 0.3) is 0 Å². The van der Waals surface area contributed by atoms with Gasteiger partial charge in [-0.05, 0) is 19.8 Å². The lowest BCUT2D eigenvalue weighted by atomic mass is 10.1. The summed E-state index contributed by atoms with van der Waals surface area (Å²) in [5.74, 6) is -0.394. The first-order valence-electron chi connectivity index (χ1n) is 5.28. The predicted molar refractivity (Wildman–Crippen MR) is 66.5 cm³/mol. The summed E-state index contributed by atoms with van der Waals surface area (Å²) in [6, 6.07) is 0.340. The van der Waals surface area contributed by atoms with Gasteiger partial charge in [0.05, 0.1) is 5.69 Å². The number of rotatable bonds is 4. The van der Waals surface area contributed by atoms with E-state index < -0.39 is 5.97 Å². The van der Waals surface area contributed by atoms with Gasteiger partial charge in [-0.2, -0.15) is 0 Å². The predicted octanol–water partition coefficient (Wildman–Crippen LogP) is 2.63. The lowest BCUT2D eigenvalue weighted by molar-refractivity contribution is 0.0701. The first kappa shape index (κ1) is 13.0. The zero-order valence-corrected chi connectivity index (χ0v) is 11.1. The van der Waals surface area contributed by atoms with Crippen LogP contribution in [0.1, 0.15) is 36.1 Å². The van der Waals surface area contributed by atoms with Crippen molar-refractivity contribution in [2.75, 3.05) is 11.9 Å². The van der Waals surface area contributed by atoms with Crippen LogP contribution in [-0.2, 0) is 0 Å². The van der Waals surface area contributed by atoms with Crippen molar-refractivity contribution in [3.05, 3.63) is 10.6 Å². The standard InChI is InChI=1S/C11H18N2O2S/c1-6(2)8(4)13(5)11-12-7(3)9(16-11)10(14)15/h6,8H,1-5H3,(H,14,15). The number of carbonyl (C=O) groups is 1. The molecule has 90 valence electrons. The smallest absolute Gasteiger partial charge is 0.347 e. The molecule has 4 nitrogen and oxygen atoms in total. The molecule has 1 rings (SSSR count). The Morgan fingerprint density at radius 2 is 2.00 bits per heavy atom. The van der Waals surface area contributed by atoms with Crippen molar-refractivity contribution >= 4 is 22.4 Å². The van der Waals surface area contributed by atoms with Gasteiger partial charge in [-0.1, -0.05) is 25.2 Å². The highest BCUT2D eigenvalue weighted by atomic mass is 32.1. The molecule has 0 fully saturated rings. The van der Waals surface area contributed by atoms with Crippen molar-refractivity contribution < 1.29 is 9.90 Å². The highest BCUT2D eigenvalue weighted by Gasteiger charge is 2.20. The van der Waals surface area contributed by atoms with E-state index in [9.17, 15) is 4.79 Å². The average Bonchev–Trinajstić information content (AvgIpc) is 2.58.